The molecule has 1 aromatic carbocycles. The SMILES string of the molecule is CN=C(NCc1ccc(CS(C)(=O)=O)cc1)N1CCC2(CCCCC2)C1. The summed E-state index contributed by atoms with van der Waals surface area (Å²) in [6.07, 6.45) is 9.42. The van der Waals surface area contributed by atoms with Crippen molar-refractivity contribution >= 4 is 15.8 Å². The van der Waals surface area contributed by atoms with Gasteiger partial charge in [-0.2, -0.15) is 0 Å². The van der Waals surface area contributed by atoms with Gasteiger partial charge in [0, 0.05) is 32.9 Å². The summed E-state index contributed by atoms with van der Waals surface area (Å²) in [6.45, 7) is 2.92. The van der Waals surface area contributed by atoms with E-state index >= 15 is 0 Å². The number of hydrogen-bond acceptors (Lipinski definition) is 3. The molecule has 1 spiro atoms. The lowest BCUT2D eigenvalue weighted by Gasteiger charge is -2.33. The normalized spacial score (nSPS) is 20.5. The highest BCUT2D eigenvalue weighted by molar-refractivity contribution is 7.89. The lowest BCUT2D eigenvalue weighted by atomic mass is 9.73. The molecular formula is C20H31N3O2S. The van der Waals surface area contributed by atoms with E-state index in [0.717, 1.165) is 30.2 Å². The number of guanidine groups is 1. The molecule has 3 rings (SSSR count). The molecule has 5 nitrogen and oxygen atoms in total. The number of benzene rings is 1. The summed E-state index contributed by atoms with van der Waals surface area (Å²) in [6, 6.07) is 7.78. The molecule has 1 heterocycles. The number of sulfone groups is 1. The predicted octanol–water partition coefficient (Wildman–Crippen LogP) is 2.96. The van der Waals surface area contributed by atoms with Crippen molar-refractivity contribution in [3.8, 4) is 0 Å². The summed E-state index contributed by atoms with van der Waals surface area (Å²) >= 11 is 0. The highest BCUT2D eigenvalue weighted by Gasteiger charge is 2.39. The molecule has 1 aliphatic carbocycles. The van der Waals surface area contributed by atoms with Gasteiger partial charge in [0.15, 0.2) is 15.8 Å². The second-order valence-electron chi connectivity index (χ2n) is 8.02. The van der Waals surface area contributed by atoms with Gasteiger partial charge in [-0.3, -0.25) is 4.99 Å². The molecule has 0 radical (unpaired) electrons. The third-order valence-corrected chi connectivity index (χ3v) is 6.62. The Morgan fingerprint density at radius 3 is 2.38 bits per heavy atom. The number of nitrogens with one attached hydrogen (secondary N) is 1. The van der Waals surface area contributed by atoms with Crippen LogP contribution < -0.4 is 5.32 Å². The second-order valence-corrected chi connectivity index (χ2v) is 10.2. The van der Waals surface area contributed by atoms with Gasteiger partial charge in [-0.1, -0.05) is 43.5 Å². The quantitative estimate of drug-likeness (QED) is 0.647. The van der Waals surface area contributed by atoms with Crippen LogP contribution in [0, 0.1) is 5.41 Å². The van der Waals surface area contributed by atoms with E-state index in [1.807, 2.05) is 31.3 Å². The predicted molar refractivity (Wildman–Crippen MR) is 107 cm³/mol. The molecule has 1 saturated carbocycles. The Bertz CT molecular complexity index is 735. The van der Waals surface area contributed by atoms with Crippen LogP contribution in [0.2, 0.25) is 0 Å². The van der Waals surface area contributed by atoms with Gasteiger partial charge in [-0.05, 0) is 35.8 Å². The third kappa shape index (κ3) is 5.00. The molecule has 0 unspecified atom stereocenters. The van der Waals surface area contributed by atoms with Crippen molar-refractivity contribution in [1.82, 2.24) is 10.2 Å². The minimum absolute atomic E-state index is 0.0955. The maximum absolute atomic E-state index is 11.4. The van der Waals surface area contributed by atoms with Crippen molar-refractivity contribution < 1.29 is 8.42 Å². The van der Waals surface area contributed by atoms with Crippen LogP contribution in [0.3, 0.4) is 0 Å². The molecule has 1 aromatic rings. The fourth-order valence-corrected chi connectivity index (χ4v) is 5.19. The van der Waals surface area contributed by atoms with Gasteiger partial charge in [-0.25, -0.2) is 8.42 Å². The Balaban J connectivity index is 1.54. The molecule has 26 heavy (non-hydrogen) atoms. The molecule has 0 aromatic heterocycles. The van der Waals surface area contributed by atoms with Crippen LogP contribution in [0.5, 0.6) is 0 Å². The minimum atomic E-state index is -2.99. The van der Waals surface area contributed by atoms with E-state index in [1.165, 1.54) is 44.8 Å². The maximum atomic E-state index is 11.4. The van der Waals surface area contributed by atoms with Crippen molar-refractivity contribution in [3.63, 3.8) is 0 Å². The summed E-state index contributed by atoms with van der Waals surface area (Å²) < 4.78 is 22.8. The summed E-state index contributed by atoms with van der Waals surface area (Å²) in [7, 11) is -1.14. The molecule has 0 amide bonds. The van der Waals surface area contributed by atoms with Crippen LogP contribution in [-0.2, 0) is 22.1 Å². The minimum Gasteiger partial charge on any atom is -0.352 e. The van der Waals surface area contributed by atoms with Crippen LogP contribution in [0.4, 0.5) is 0 Å². The Labute approximate surface area is 157 Å². The van der Waals surface area contributed by atoms with Crippen LogP contribution in [0.1, 0.15) is 49.7 Å². The highest BCUT2D eigenvalue weighted by atomic mass is 32.2. The molecule has 2 aliphatic rings. The van der Waals surface area contributed by atoms with E-state index in [4.69, 9.17) is 0 Å². The topological polar surface area (TPSA) is 61.8 Å². The number of aliphatic imine (C=N–C) groups is 1. The average molecular weight is 378 g/mol. The van der Waals surface area contributed by atoms with Gasteiger partial charge >= 0.3 is 0 Å². The van der Waals surface area contributed by atoms with Gasteiger partial charge in [0.25, 0.3) is 0 Å². The standard InChI is InChI=1S/C20H31N3O2S/c1-21-19(23-13-12-20(16-23)10-4-3-5-11-20)22-14-17-6-8-18(9-7-17)15-26(2,24)25/h6-9H,3-5,10-16H2,1-2H3,(H,21,22). The van der Waals surface area contributed by atoms with Gasteiger partial charge in [-0.15, -0.1) is 0 Å². The molecule has 1 aliphatic heterocycles. The zero-order chi connectivity index (χ0) is 18.6. The van der Waals surface area contributed by atoms with Gasteiger partial charge < -0.3 is 10.2 Å². The Morgan fingerprint density at radius 1 is 1.12 bits per heavy atom. The van der Waals surface area contributed by atoms with Crippen LogP contribution >= 0.6 is 0 Å². The monoisotopic (exact) mass is 377 g/mol. The molecule has 0 atom stereocenters. The number of likely N-dealkylation sites (tertiary alicyclic amines) is 1. The van der Waals surface area contributed by atoms with Crippen LogP contribution in [0.25, 0.3) is 0 Å². The Kier molecular flexibility index (Phi) is 5.90. The Hall–Kier alpha value is -1.56. The number of hydrogen-bond donors (Lipinski definition) is 1. The van der Waals surface area contributed by atoms with Crippen molar-refractivity contribution in [1.29, 1.82) is 0 Å². The van der Waals surface area contributed by atoms with E-state index in [9.17, 15) is 8.42 Å². The zero-order valence-corrected chi connectivity index (χ0v) is 16.8. The first kappa shape index (κ1) is 19.2. The molecule has 6 heteroatoms. The highest BCUT2D eigenvalue weighted by Crippen LogP contribution is 2.43. The van der Waals surface area contributed by atoms with Gasteiger partial charge in [0.1, 0.15) is 0 Å². The Morgan fingerprint density at radius 2 is 1.77 bits per heavy atom. The van der Waals surface area contributed by atoms with Crippen molar-refractivity contribution in [2.75, 3.05) is 26.4 Å². The zero-order valence-electron chi connectivity index (χ0n) is 16.0. The lowest BCUT2D eigenvalue weighted by Crippen LogP contribution is -2.41. The van der Waals surface area contributed by atoms with E-state index in [1.54, 1.807) is 0 Å². The summed E-state index contributed by atoms with van der Waals surface area (Å²) in [5, 5.41) is 3.48. The number of rotatable bonds is 4. The van der Waals surface area contributed by atoms with Gasteiger partial charge in [0.2, 0.25) is 0 Å². The lowest BCUT2D eigenvalue weighted by molar-refractivity contribution is 0.203. The summed E-state index contributed by atoms with van der Waals surface area (Å²) in [4.78, 5) is 6.89. The molecule has 2 fully saturated rings. The molecule has 1 saturated heterocycles. The van der Waals surface area contributed by atoms with E-state index in [-0.39, 0.29) is 5.75 Å². The first-order valence-corrected chi connectivity index (χ1v) is 11.7. The molecule has 0 bridgehead atoms. The smallest absolute Gasteiger partial charge is 0.193 e. The fourth-order valence-electron chi connectivity index (χ4n) is 4.40. The van der Waals surface area contributed by atoms with Crippen molar-refractivity contribution in [3.05, 3.63) is 35.4 Å². The van der Waals surface area contributed by atoms with E-state index in [0.29, 0.717) is 12.0 Å². The van der Waals surface area contributed by atoms with Crippen molar-refractivity contribution in [2.24, 2.45) is 10.4 Å². The first-order chi connectivity index (χ1) is 12.4. The summed E-state index contributed by atoms with van der Waals surface area (Å²) in [5.41, 5.74) is 2.48. The largest absolute Gasteiger partial charge is 0.352 e. The van der Waals surface area contributed by atoms with Crippen LogP contribution in [0.15, 0.2) is 29.3 Å². The maximum Gasteiger partial charge on any atom is 0.193 e. The number of nitrogens with zero attached hydrogens (tertiary/aromatic N) is 2. The summed E-state index contributed by atoms with van der Waals surface area (Å²) in [5.74, 6) is 1.07. The molecular weight excluding hydrogens is 346 g/mol. The first-order valence-electron chi connectivity index (χ1n) is 9.60. The molecule has 144 valence electrons. The van der Waals surface area contributed by atoms with E-state index in [2.05, 4.69) is 15.2 Å². The van der Waals surface area contributed by atoms with Crippen molar-refractivity contribution in [2.45, 2.75) is 50.8 Å². The van der Waals surface area contributed by atoms with Gasteiger partial charge in [0.05, 0.1) is 5.75 Å². The molecule has 1 N–H and O–H groups in total. The van der Waals surface area contributed by atoms with E-state index < -0.39 is 9.84 Å². The third-order valence-electron chi connectivity index (χ3n) is 5.77. The second kappa shape index (κ2) is 7.99. The average Bonchev–Trinajstić information content (AvgIpc) is 2.99. The van der Waals surface area contributed by atoms with Crippen LogP contribution in [-0.4, -0.2) is 45.7 Å². The fraction of sp³-hybridized carbons (Fsp3) is 0.650.